The van der Waals surface area contributed by atoms with Gasteiger partial charge < -0.3 is 15.5 Å². The van der Waals surface area contributed by atoms with Crippen LogP contribution in [-0.4, -0.2) is 36.6 Å². The summed E-state index contributed by atoms with van der Waals surface area (Å²) < 4.78 is 0. The summed E-state index contributed by atoms with van der Waals surface area (Å²) >= 11 is 11.8. The average Bonchev–Trinajstić information content (AvgIpc) is 2.38. The Hall–Kier alpha value is -0.970. The lowest BCUT2D eigenvalue weighted by molar-refractivity contribution is 0.163. The fraction of sp³-hybridized carbons (Fsp3) is 0.500. The first-order valence-electron chi connectivity index (χ1n) is 6.63. The van der Waals surface area contributed by atoms with Crippen LogP contribution in [0.2, 0.25) is 10.0 Å². The number of amides is 2. The molecule has 2 rings (SSSR count). The fourth-order valence-electron chi connectivity index (χ4n) is 2.28. The minimum atomic E-state index is -0.110. The molecule has 1 fully saturated rings. The highest BCUT2D eigenvalue weighted by Crippen LogP contribution is 2.24. The number of carbonyl (C=O) groups excluding carboxylic acids is 1. The van der Waals surface area contributed by atoms with Crippen molar-refractivity contribution in [2.45, 2.75) is 25.3 Å². The van der Waals surface area contributed by atoms with Gasteiger partial charge >= 0.3 is 6.03 Å². The summed E-state index contributed by atoms with van der Waals surface area (Å²) in [5.41, 5.74) is 0.741. The number of carbonyl (C=O) groups is 1. The summed E-state index contributed by atoms with van der Waals surface area (Å²) in [5.74, 6) is 0. The number of hydrogen-bond donors (Lipinski definition) is 2. The smallest absolute Gasteiger partial charge is 0.321 e. The summed E-state index contributed by atoms with van der Waals surface area (Å²) in [4.78, 5) is 14.0. The molecule has 0 aromatic heterocycles. The predicted octanol–water partition coefficient (Wildman–Crippen LogP) is 3.60. The number of halogens is 2. The van der Waals surface area contributed by atoms with Crippen molar-refractivity contribution in [3.63, 3.8) is 0 Å². The first-order valence-corrected chi connectivity index (χ1v) is 7.38. The molecule has 0 spiro atoms. The first-order chi connectivity index (χ1) is 9.42. The molecule has 0 saturated carbocycles. The molecule has 0 bridgehead atoms. The minimum absolute atomic E-state index is 0.110. The number of urea groups is 1. The van der Waals surface area contributed by atoms with E-state index in [9.17, 15) is 4.79 Å². The quantitative estimate of drug-likeness (QED) is 0.875. The topological polar surface area (TPSA) is 44.4 Å². The molecule has 0 aliphatic carbocycles. The third kappa shape index (κ3) is 3.78. The molecule has 0 unspecified atom stereocenters. The van der Waals surface area contributed by atoms with Crippen LogP contribution in [-0.2, 0) is 0 Å². The van der Waals surface area contributed by atoms with E-state index in [1.165, 1.54) is 0 Å². The number of piperidine rings is 1. The Morgan fingerprint density at radius 3 is 2.25 bits per heavy atom. The van der Waals surface area contributed by atoms with Crippen LogP contribution in [0.5, 0.6) is 0 Å². The number of hydrogen-bond acceptors (Lipinski definition) is 2. The Bertz CT molecular complexity index is 479. The van der Waals surface area contributed by atoms with Gasteiger partial charge in [-0.25, -0.2) is 4.79 Å². The molecule has 1 aliphatic heterocycles. The Morgan fingerprint density at radius 2 is 1.75 bits per heavy atom. The Morgan fingerprint density at radius 1 is 1.20 bits per heavy atom. The number of anilines is 1. The van der Waals surface area contributed by atoms with E-state index < -0.39 is 0 Å². The van der Waals surface area contributed by atoms with Crippen molar-refractivity contribution >= 4 is 34.9 Å². The van der Waals surface area contributed by atoms with Crippen LogP contribution >= 0.6 is 23.2 Å². The maximum Gasteiger partial charge on any atom is 0.321 e. The maximum atomic E-state index is 12.2. The van der Waals surface area contributed by atoms with E-state index in [2.05, 4.69) is 17.6 Å². The number of nitrogens with zero attached hydrogens (tertiary/aromatic N) is 1. The first kappa shape index (κ1) is 15.4. The van der Waals surface area contributed by atoms with Crippen LogP contribution in [0, 0.1) is 0 Å². The zero-order chi connectivity index (χ0) is 14.8. The molecular weight excluding hydrogens is 297 g/mol. The van der Waals surface area contributed by atoms with Gasteiger partial charge in [0.1, 0.15) is 0 Å². The second-order valence-electron chi connectivity index (χ2n) is 5.39. The molecule has 1 aromatic carbocycles. The zero-order valence-corrected chi connectivity index (χ0v) is 13.2. The van der Waals surface area contributed by atoms with Gasteiger partial charge in [0.15, 0.2) is 0 Å². The van der Waals surface area contributed by atoms with Crippen LogP contribution in [0.3, 0.4) is 0 Å². The monoisotopic (exact) mass is 315 g/mol. The summed E-state index contributed by atoms with van der Waals surface area (Å²) in [6.07, 6.45) is 1.88. The van der Waals surface area contributed by atoms with Gasteiger partial charge in [-0.2, -0.15) is 0 Å². The van der Waals surface area contributed by atoms with E-state index in [0.717, 1.165) is 25.9 Å². The summed E-state index contributed by atoms with van der Waals surface area (Å²) in [5, 5.41) is 7.16. The molecule has 1 heterocycles. The molecule has 2 N–H and O–H groups in total. The highest BCUT2D eigenvalue weighted by molar-refractivity contribution is 6.35. The van der Waals surface area contributed by atoms with E-state index >= 15 is 0 Å². The van der Waals surface area contributed by atoms with Crippen LogP contribution in [0.4, 0.5) is 10.5 Å². The van der Waals surface area contributed by atoms with Crippen LogP contribution in [0.15, 0.2) is 18.2 Å². The molecule has 1 aliphatic rings. The van der Waals surface area contributed by atoms with Crippen molar-refractivity contribution in [2.75, 3.05) is 25.5 Å². The molecule has 1 aromatic rings. The molecule has 20 heavy (non-hydrogen) atoms. The van der Waals surface area contributed by atoms with Gasteiger partial charge in [0.05, 0.1) is 0 Å². The average molecular weight is 316 g/mol. The van der Waals surface area contributed by atoms with Gasteiger partial charge in [-0.15, -0.1) is 0 Å². The van der Waals surface area contributed by atoms with Crippen molar-refractivity contribution in [2.24, 2.45) is 0 Å². The third-order valence-corrected chi connectivity index (χ3v) is 4.31. The van der Waals surface area contributed by atoms with Crippen LogP contribution < -0.4 is 10.6 Å². The molecule has 4 nitrogen and oxygen atoms in total. The normalized spacial score (nSPS) is 17.9. The van der Waals surface area contributed by atoms with Crippen molar-refractivity contribution in [1.82, 2.24) is 10.2 Å². The lowest BCUT2D eigenvalue weighted by atomic mass is 9.90. The standard InChI is InChI=1S/C14H19Cl2N3O/c1-14(17-2)3-5-19(6-4-14)13(20)18-12-8-10(15)7-11(16)9-12/h7-9,17H,3-6H2,1-2H3,(H,18,20). The number of rotatable bonds is 2. The van der Waals surface area contributed by atoms with E-state index in [1.807, 2.05) is 11.9 Å². The molecule has 2 amide bonds. The van der Waals surface area contributed by atoms with Gasteiger partial charge in [-0.1, -0.05) is 23.2 Å². The van der Waals surface area contributed by atoms with Crippen molar-refractivity contribution in [1.29, 1.82) is 0 Å². The van der Waals surface area contributed by atoms with Crippen LogP contribution in [0.1, 0.15) is 19.8 Å². The largest absolute Gasteiger partial charge is 0.324 e. The van der Waals surface area contributed by atoms with E-state index in [-0.39, 0.29) is 11.6 Å². The summed E-state index contributed by atoms with van der Waals surface area (Å²) in [7, 11) is 1.96. The number of benzene rings is 1. The van der Waals surface area contributed by atoms with Crippen LogP contribution in [0.25, 0.3) is 0 Å². The number of likely N-dealkylation sites (tertiary alicyclic amines) is 1. The third-order valence-electron chi connectivity index (χ3n) is 3.87. The maximum absolute atomic E-state index is 12.2. The molecule has 0 radical (unpaired) electrons. The molecule has 0 atom stereocenters. The van der Waals surface area contributed by atoms with E-state index in [4.69, 9.17) is 23.2 Å². The van der Waals surface area contributed by atoms with Gasteiger partial charge in [0.25, 0.3) is 0 Å². The van der Waals surface area contributed by atoms with Gasteiger partial charge in [-0.3, -0.25) is 0 Å². The van der Waals surface area contributed by atoms with E-state index in [0.29, 0.717) is 15.7 Å². The minimum Gasteiger partial charge on any atom is -0.324 e. The Balaban J connectivity index is 1.96. The highest BCUT2D eigenvalue weighted by atomic mass is 35.5. The number of nitrogens with one attached hydrogen (secondary N) is 2. The Labute approximate surface area is 129 Å². The van der Waals surface area contributed by atoms with Gasteiger partial charge in [0.2, 0.25) is 0 Å². The fourth-order valence-corrected chi connectivity index (χ4v) is 2.81. The SMILES string of the molecule is CNC1(C)CCN(C(=O)Nc2cc(Cl)cc(Cl)c2)CC1. The summed E-state index contributed by atoms with van der Waals surface area (Å²) in [6, 6.07) is 4.90. The predicted molar refractivity (Wildman–Crippen MR) is 83.8 cm³/mol. The van der Waals surface area contributed by atoms with Gasteiger partial charge in [-0.05, 0) is 45.0 Å². The lowest BCUT2D eigenvalue weighted by Crippen LogP contribution is -2.52. The van der Waals surface area contributed by atoms with Crippen molar-refractivity contribution < 1.29 is 4.79 Å². The lowest BCUT2D eigenvalue weighted by Gasteiger charge is -2.39. The van der Waals surface area contributed by atoms with Crippen molar-refractivity contribution in [3.8, 4) is 0 Å². The van der Waals surface area contributed by atoms with Gasteiger partial charge in [0, 0.05) is 34.4 Å². The Kier molecular flexibility index (Phi) is 4.78. The zero-order valence-electron chi connectivity index (χ0n) is 11.7. The molecule has 6 heteroatoms. The highest BCUT2D eigenvalue weighted by Gasteiger charge is 2.30. The van der Waals surface area contributed by atoms with E-state index in [1.54, 1.807) is 18.2 Å². The second-order valence-corrected chi connectivity index (χ2v) is 6.26. The second kappa shape index (κ2) is 6.20. The summed E-state index contributed by atoms with van der Waals surface area (Å²) in [6.45, 7) is 3.65. The molecular formula is C14H19Cl2N3O. The molecule has 110 valence electrons. The molecule has 1 saturated heterocycles. The van der Waals surface area contributed by atoms with Crippen molar-refractivity contribution in [3.05, 3.63) is 28.2 Å².